The Morgan fingerprint density at radius 1 is 1.13 bits per heavy atom. The molecule has 4 aromatic rings. The van der Waals surface area contributed by atoms with Crippen LogP contribution in [0.15, 0.2) is 74.8 Å². The molecule has 8 nitrogen and oxygen atoms in total. The lowest BCUT2D eigenvalue weighted by molar-refractivity contribution is -0.385. The highest BCUT2D eigenvalue weighted by atomic mass is 35.5. The number of nitrogens with one attached hydrogen (secondary N) is 1. The SMILES string of the molecule is O=[N+]([O-])c1ccc(Cl)c(S(=O)(=O)Nc2ccc(O)c(Sc3nc4ccccc4s3)c2)c1. The molecule has 12 heteroatoms. The molecule has 2 N–H and O–H groups in total. The van der Waals surface area contributed by atoms with E-state index in [4.69, 9.17) is 11.6 Å². The topological polar surface area (TPSA) is 122 Å². The Hall–Kier alpha value is -2.86. The number of non-ortho nitro benzene ring substituents is 1. The smallest absolute Gasteiger partial charge is 0.270 e. The molecule has 31 heavy (non-hydrogen) atoms. The number of hydrogen-bond donors (Lipinski definition) is 2. The third-order valence-corrected chi connectivity index (χ3v) is 8.11. The van der Waals surface area contributed by atoms with Crippen LogP contribution in [0, 0.1) is 10.1 Å². The molecular weight excluding hydrogens is 482 g/mol. The van der Waals surface area contributed by atoms with Gasteiger partial charge >= 0.3 is 0 Å². The molecule has 0 aliphatic rings. The van der Waals surface area contributed by atoms with Crippen LogP contribution in [0.25, 0.3) is 10.2 Å². The summed E-state index contributed by atoms with van der Waals surface area (Å²) in [6, 6.07) is 14.9. The van der Waals surface area contributed by atoms with Gasteiger partial charge in [-0.15, -0.1) is 11.3 Å². The number of rotatable bonds is 6. The molecule has 0 amide bonds. The molecular formula is C19H12ClN3O5S3. The van der Waals surface area contributed by atoms with Gasteiger partial charge in [0.15, 0.2) is 4.34 Å². The number of nitro groups is 1. The largest absolute Gasteiger partial charge is 0.507 e. The van der Waals surface area contributed by atoms with Crippen molar-refractivity contribution in [2.45, 2.75) is 14.1 Å². The fourth-order valence-electron chi connectivity index (χ4n) is 2.67. The maximum Gasteiger partial charge on any atom is 0.270 e. The summed E-state index contributed by atoms with van der Waals surface area (Å²) in [5, 5.41) is 21.0. The van der Waals surface area contributed by atoms with E-state index in [2.05, 4.69) is 9.71 Å². The first kappa shape index (κ1) is 21.4. The van der Waals surface area contributed by atoms with Gasteiger partial charge in [-0.2, -0.15) is 0 Å². The monoisotopic (exact) mass is 493 g/mol. The molecule has 0 saturated heterocycles. The summed E-state index contributed by atoms with van der Waals surface area (Å²) in [5.41, 5.74) is 0.582. The first-order valence-electron chi connectivity index (χ1n) is 8.56. The van der Waals surface area contributed by atoms with Gasteiger partial charge in [0.25, 0.3) is 15.7 Å². The van der Waals surface area contributed by atoms with Gasteiger partial charge < -0.3 is 5.11 Å². The predicted molar refractivity (Wildman–Crippen MR) is 121 cm³/mol. The van der Waals surface area contributed by atoms with Crippen molar-refractivity contribution in [2.24, 2.45) is 0 Å². The zero-order valence-corrected chi connectivity index (χ0v) is 18.6. The second kappa shape index (κ2) is 8.35. The number of nitro benzene ring substituents is 1. The van der Waals surface area contributed by atoms with Crippen molar-refractivity contribution in [3.8, 4) is 5.75 Å². The number of anilines is 1. The zero-order chi connectivity index (χ0) is 22.2. The second-order valence-corrected chi connectivity index (χ2v) is 10.6. The van der Waals surface area contributed by atoms with Crippen LogP contribution in [-0.4, -0.2) is 23.4 Å². The molecule has 0 aliphatic heterocycles. The lowest BCUT2D eigenvalue weighted by atomic mass is 10.3. The first-order valence-corrected chi connectivity index (χ1v) is 12.1. The molecule has 0 atom stereocenters. The van der Waals surface area contributed by atoms with Crippen LogP contribution in [0.3, 0.4) is 0 Å². The van der Waals surface area contributed by atoms with Crippen LogP contribution < -0.4 is 4.72 Å². The third-order valence-electron chi connectivity index (χ3n) is 4.10. The molecule has 0 fully saturated rings. The van der Waals surface area contributed by atoms with E-state index in [9.17, 15) is 23.6 Å². The Balaban J connectivity index is 1.63. The number of halogens is 1. The predicted octanol–water partition coefficient (Wildman–Crippen LogP) is 5.52. The van der Waals surface area contributed by atoms with E-state index in [0.717, 1.165) is 28.4 Å². The van der Waals surface area contributed by atoms with Crippen molar-refractivity contribution < 1.29 is 18.4 Å². The number of phenolic OH excluding ortho intramolecular Hbond substituents is 1. The number of aromatic hydroxyl groups is 1. The number of hydrogen-bond acceptors (Lipinski definition) is 8. The third kappa shape index (κ3) is 4.59. The van der Waals surface area contributed by atoms with Crippen LogP contribution in [-0.2, 0) is 10.0 Å². The maximum atomic E-state index is 12.8. The van der Waals surface area contributed by atoms with E-state index in [1.54, 1.807) is 0 Å². The first-order chi connectivity index (χ1) is 14.7. The molecule has 0 aliphatic carbocycles. The number of thiazole rings is 1. The summed E-state index contributed by atoms with van der Waals surface area (Å²) in [6.45, 7) is 0. The van der Waals surface area contributed by atoms with Crippen molar-refractivity contribution in [1.29, 1.82) is 0 Å². The average molecular weight is 494 g/mol. The van der Waals surface area contributed by atoms with Gasteiger partial charge in [0, 0.05) is 12.1 Å². The van der Waals surface area contributed by atoms with Gasteiger partial charge in [0.1, 0.15) is 10.6 Å². The Morgan fingerprint density at radius 3 is 2.65 bits per heavy atom. The highest BCUT2D eigenvalue weighted by Crippen LogP contribution is 2.40. The normalized spacial score (nSPS) is 11.5. The van der Waals surface area contributed by atoms with Crippen molar-refractivity contribution in [3.05, 3.63) is 75.8 Å². The number of benzene rings is 3. The van der Waals surface area contributed by atoms with Crippen LogP contribution in [0.5, 0.6) is 5.75 Å². The van der Waals surface area contributed by atoms with Crippen molar-refractivity contribution >= 4 is 66.3 Å². The summed E-state index contributed by atoms with van der Waals surface area (Å²) in [7, 11) is -4.21. The standard InChI is InChI=1S/C19H12ClN3O5S3/c20-13-7-6-12(23(25)26)10-18(13)31(27,28)22-11-5-8-15(24)17(9-11)30-19-21-14-3-1-2-4-16(14)29-19/h1-10,22,24H. The van der Waals surface area contributed by atoms with Crippen molar-refractivity contribution in [1.82, 2.24) is 4.98 Å². The van der Waals surface area contributed by atoms with Crippen molar-refractivity contribution in [2.75, 3.05) is 4.72 Å². The number of phenols is 1. The average Bonchev–Trinajstić information content (AvgIpc) is 3.12. The van der Waals surface area contributed by atoms with Gasteiger partial charge in [-0.1, -0.05) is 35.5 Å². The number of sulfonamides is 1. The van der Waals surface area contributed by atoms with Gasteiger partial charge in [0.05, 0.1) is 30.7 Å². The molecule has 4 rings (SSSR count). The van der Waals surface area contributed by atoms with E-state index in [1.807, 2.05) is 24.3 Å². The molecule has 1 aromatic heterocycles. The Bertz CT molecular complexity index is 1390. The van der Waals surface area contributed by atoms with Crippen molar-refractivity contribution in [3.63, 3.8) is 0 Å². The molecule has 0 saturated carbocycles. The second-order valence-electron chi connectivity index (χ2n) is 6.21. The molecule has 0 bridgehead atoms. The minimum atomic E-state index is -4.21. The van der Waals surface area contributed by atoms with Gasteiger partial charge in [-0.05, 0) is 36.4 Å². The van der Waals surface area contributed by atoms with Crippen LogP contribution >= 0.6 is 34.7 Å². The summed E-state index contributed by atoms with van der Waals surface area (Å²) >= 11 is 8.60. The van der Waals surface area contributed by atoms with Crippen LogP contribution in [0.1, 0.15) is 0 Å². The molecule has 0 spiro atoms. The quantitative estimate of drug-likeness (QED) is 0.206. The summed E-state index contributed by atoms with van der Waals surface area (Å²) in [4.78, 5) is 14.7. The van der Waals surface area contributed by atoms with Gasteiger partial charge in [0.2, 0.25) is 0 Å². The van der Waals surface area contributed by atoms with Gasteiger partial charge in [-0.25, -0.2) is 13.4 Å². The number of para-hydroxylation sites is 1. The molecule has 1 heterocycles. The van der Waals surface area contributed by atoms with E-state index < -0.39 is 25.5 Å². The number of nitrogens with zero attached hydrogens (tertiary/aromatic N) is 2. The summed E-state index contributed by atoms with van der Waals surface area (Å²) < 4.78 is 29.6. The molecule has 3 aromatic carbocycles. The molecule has 0 unspecified atom stereocenters. The molecule has 0 radical (unpaired) electrons. The van der Waals surface area contributed by atoms with E-state index >= 15 is 0 Å². The van der Waals surface area contributed by atoms with Crippen LogP contribution in [0.2, 0.25) is 5.02 Å². The van der Waals surface area contributed by atoms with E-state index in [1.165, 1.54) is 41.3 Å². The highest BCUT2D eigenvalue weighted by Gasteiger charge is 2.22. The molecule has 158 valence electrons. The number of aromatic nitrogens is 1. The lowest BCUT2D eigenvalue weighted by Gasteiger charge is -2.11. The number of fused-ring (bicyclic) bond motifs is 1. The Labute approximate surface area is 189 Å². The lowest BCUT2D eigenvalue weighted by Crippen LogP contribution is -2.13. The maximum absolute atomic E-state index is 12.8. The Morgan fingerprint density at radius 2 is 1.90 bits per heavy atom. The zero-order valence-electron chi connectivity index (χ0n) is 15.4. The van der Waals surface area contributed by atoms with E-state index in [0.29, 0.717) is 9.24 Å². The van der Waals surface area contributed by atoms with Crippen LogP contribution in [0.4, 0.5) is 11.4 Å². The minimum absolute atomic E-state index is 0.0411. The van der Waals surface area contributed by atoms with E-state index in [-0.39, 0.29) is 16.5 Å². The fourth-order valence-corrected chi connectivity index (χ4v) is 6.33. The summed E-state index contributed by atoms with van der Waals surface area (Å²) in [5.74, 6) is -0.0411. The fraction of sp³-hybridized carbons (Fsp3) is 0. The summed E-state index contributed by atoms with van der Waals surface area (Å²) in [6.07, 6.45) is 0. The minimum Gasteiger partial charge on any atom is -0.507 e. The Kier molecular flexibility index (Phi) is 5.75. The highest BCUT2D eigenvalue weighted by molar-refractivity contribution is 8.01. The van der Waals surface area contributed by atoms with Gasteiger partial charge in [-0.3, -0.25) is 14.8 Å².